The molecule has 3 aliphatic rings. The fraction of sp³-hybridized carbons (Fsp3) is 0.457. The first-order valence-corrected chi connectivity index (χ1v) is 22.9. The normalized spacial score (nSPS) is 21.7. The van der Waals surface area contributed by atoms with Gasteiger partial charge in [0.2, 0.25) is 27.7 Å². The Morgan fingerprint density at radius 2 is 1.66 bits per heavy atom. The summed E-state index contributed by atoms with van der Waals surface area (Å²) in [6, 6.07) is 19.8. The molecule has 1 saturated heterocycles. The van der Waals surface area contributed by atoms with Gasteiger partial charge < -0.3 is 30.3 Å². The molecule has 2 aliphatic carbocycles. The van der Waals surface area contributed by atoms with E-state index in [-0.39, 0.29) is 37.1 Å². The van der Waals surface area contributed by atoms with Crippen LogP contribution in [0.25, 0.3) is 10.8 Å². The van der Waals surface area contributed by atoms with Gasteiger partial charge in [-0.05, 0) is 92.5 Å². The first-order valence-electron chi connectivity index (χ1n) is 21.0. The van der Waals surface area contributed by atoms with Gasteiger partial charge in [-0.1, -0.05) is 76.0 Å². The number of hydrogen-bond donors (Lipinski definition) is 4. The van der Waals surface area contributed by atoms with Gasteiger partial charge in [0, 0.05) is 33.5 Å². The van der Waals surface area contributed by atoms with Crippen LogP contribution in [0, 0.1) is 11.3 Å². The van der Waals surface area contributed by atoms with Crippen LogP contribution >= 0.6 is 11.6 Å². The number of carbonyl (C=O) groups is 4. The molecule has 2 saturated carbocycles. The molecule has 0 unspecified atom stereocenters. The number of carbonyl (C=O) groups excluding carboxylic acids is 4. The minimum Gasteiger partial charge on any atom is -0.494 e. The Hall–Kier alpha value is -5.41. The van der Waals surface area contributed by atoms with Crippen LogP contribution < -0.4 is 30.1 Å². The summed E-state index contributed by atoms with van der Waals surface area (Å²) in [6.45, 7) is 11.4. The Morgan fingerprint density at radius 3 is 2.27 bits per heavy atom. The van der Waals surface area contributed by atoms with Crippen molar-refractivity contribution in [2.45, 2.75) is 108 Å². The Labute approximate surface area is 367 Å². The molecule has 330 valence electrons. The van der Waals surface area contributed by atoms with Crippen molar-refractivity contribution in [3.05, 3.63) is 95.1 Å². The van der Waals surface area contributed by atoms with E-state index >= 15 is 0 Å². The minimum atomic E-state index is -3.89. The van der Waals surface area contributed by atoms with Crippen molar-refractivity contribution in [2.24, 2.45) is 11.3 Å². The summed E-state index contributed by atoms with van der Waals surface area (Å²) in [5, 5.41) is 10.5. The fourth-order valence-electron chi connectivity index (χ4n) is 8.23. The maximum absolute atomic E-state index is 15.0. The third-order valence-corrected chi connectivity index (χ3v) is 14.2. The van der Waals surface area contributed by atoms with Gasteiger partial charge in [-0.25, -0.2) is 13.4 Å². The van der Waals surface area contributed by atoms with E-state index in [0.717, 1.165) is 5.56 Å². The molecule has 4 N–H and O–H groups in total. The lowest BCUT2D eigenvalue weighted by molar-refractivity contribution is -0.141. The van der Waals surface area contributed by atoms with Crippen LogP contribution in [0.4, 0.5) is 5.69 Å². The number of aromatic nitrogens is 1. The smallest absolute Gasteiger partial charge is 0.259 e. The van der Waals surface area contributed by atoms with Crippen molar-refractivity contribution < 1.29 is 37.1 Å². The maximum Gasteiger partial charge on any atom is 0.259 e. The fourth-order valence-corrected chi connectivity index (χ4v) is 9.77. The largest absolute Gasteiger partial charge is 0.494 e. The van der Waals surface area contributed by atoms with E-state index in [1.54, 1.807) is 42.5 Å². The quantitative estimate of drug-likeness (QED) is 0.105. The van der Waals surface area contributed by atoms with Crippen molar-refractivity contribution >= 4 is 61.7 Å². The number of likely N-dealkylation sites (tertiary alicyclic amines) is 1. The third-order valence-electron chi connectivity index (χ3n) is 12.2. The van der Waals surface area contributed by atoms with E-state index in [1.807, 2.05) is 71.9 Å². The maximum atomic E-state index is 15.0. The van der Waals surface area contributed by atoms with E-state index in [4.69, 9.17) is 21.1 Å². The predicted octanol–water partition coefficient (Wildman–Crippen LogP) is 6.33. The van der Waals surface area contributed by atoms with Crippen molar-refractivity contribution in [3.8, 4) is 11.6 Å². The molecule has 14 nitrogen and oxygen atoms in total. The van der Waals surface area contributed by atoms with Crippen LogP contribution in [0.2, 0.25) is 5.02 Å². The lowest BCUT2D eigenvalue weighted by atomic mass is 9.85. The first kappa shape index (κ1) is 44.6. The summed E-state index contributed by atoms with van der Waals surface area (Å²) in [4.78, 5) is 62.6. The number of amides is 4. The first-order chi connectivity index (χ1) is 29.3. The van der Waals surface area contributed by atoms with Crippen LogP contribution in [-0.2, 0) is 29.9 Å². The summed E-state index contributed by atoms with van der Waals surface area (Å²) in [6.07, 6.45) is 2.58. The molecule has 0 spiro atoms. The Morgan fingerprint density at radius 1 is 0.968 bits per heavy atom. The van der Waals surface area contributed by atoms with Crippen molar-refractivity contribution in [1.82, 2.24) is 25.2 Å². The zero-order valence-electron chi connectivity index (χ0n) is 36.1. The van der Waals surface area contributed by atoms with Crippen LogP contribution in [0.1, 0.15) is 89.6 Å². The van der Waals surface area contributed by atoms with Crippen molar-refractivity contribution in [2.75, 3.05) is 19.0 Å². The van der Waals surface area contributed by atoms with Crippen molar-refractivity contribution in [1.29, 1.82) is 0 Å². The number of nitrogens with zero attached hydrogens (tertiary/aromatic N) is 2. The molecule has 3 fully saturated rings. The second-order valence-electron chi connectivity index (χ2n) is 18.2. The standard InChI is InChI=1S/C46H55ClN6O8S/c1-8-28-24-46(28,43(57)52-62(58,59)33-19-20-33)51-40(55)36-23-32(61-41-35-22-30(47)16-21-34(35)37(60-7)25-48-41)26-53(36)42(56)38(44(2,3)4)49-31-17-14-27(15-18-31)39(54)50-45(5,6)29-12-10-9-11-13-29/h9-18,21-22,25,28,32-33,36,38,49H,8,19-20,23-24,26H2,1-7H3,(H,50,54)(H,51,55)(H,52,57)/t28-,32-,36+,38-,46-/m1/s1. The summed E-state index contributed by atoms with van der Waals surface area (Å²) in [7, 11) is -2.35. The highest BCUT2D eigenvalue weighted by molar-refractivity contribution is 7.91. The molecule has 16 heteroatoms. The van der Waals surface area contributed by atoms with Crippen LogP contribution in [0.15, 0.2) is 79.0 Å². The third kappa shape index (κ3) is 9.34. The molecular formula is C46H55ClN6O8S. The van der Waals surface area contributed by atoms with Gasteiger partial charge in [-0.2, -0.15) is 0 Å². The number of rotatable bonds is 15. The summed E-state index contributed by atoms with van der Waals surface area (Å²) in [5.41, 5.74) is -0.801. The van der Waals surface area contributed by atoms with Crippen LogP contribution in [0.5, 0.6) is 11.6 Å². The van der Waals surface area contributed by atoms with E-state index in [2.05, 4.69) is 25.7 Å². The summed E-state index contributed by atoms with van der Waals surface area (Å²) >= 11 is 6.40. The monoisotopic (exact) mass is 886 g/mol. The molecule has 5 atom stereocenters. The van der Waals surface area contributed by atoms with Gasteiger partial charge in [0.1, 0.15) is 29.5 Å². The second-order valence-corrected chi connectivity index (χ2v) is 20.6. The van der Waals surface area contributed by atoms with Gasteiger partial charge in [-0.15, -0.1) is 0 Å². The number of pyridine rings is 1. The number of ether oxygens (including phenoxy) is 2. The van der Waals surface area contributed by atoms with Gasteiger partial charge in [-0.3, -0.25) is 23.9 Å². The summed E-state index contributed by atoms with van der Waals surface area (Å²) in [5.74, 6) is -1.58. The Bertz CT molecular complexity index is 2470. The number of fused-ring (bicyclic) bond motifs is 1. The van der Waals surface area contributed by atoms with Gasteiger partial charge in [0.05, 0.1) is 30.6 Å². The highest BCUT2D eigenvalue weighted by atomic mass is 35.5. The molecular weight excluding hydrogens is 832 g/mol. The molecule has 1 aliphatic heterocycles. The van der Waals surface area contributed by atoms with E-state index in [9.17, 15) is 27.6 Å². The molecule has 3 aromatic carbocycles. The zero-order chi connectivity index (χ0) is 44.8. The van der Waals surface area contributed by atoms with Gasteiger partial charge in [0.15, 0.2) is 0 Å². The summed E-state index contributed by atoms with van der Waals surface area (Å²) < 4.78 is 39.9. The molecule has 2 heterocycles. The van der Waals surface area contributed by atoms with Crippen LogP contribution in [-0.4, -0.2) is 84.6 Å². The average molecular weight is 887 g/mol. The Kier molecular flexibility index (Phi) is 12.3. The predicted molar refractivity (Wildman–Crippen MR) is 237 cm³/mol. The molecule has 1 aromatic heterocycles. The van der Waals surface area contributed by atoms with Crippen LogP contribution in [0.3, 0.4) is 0 Å². The van der Waals surface area contributed by atoms with E-state index < -0.39 is 67.7 Å². The number of sulfonamides is 1. The lowest BCUT2D eigenvalue weighted by Gasteiger charge is -2.36. The average Bonchev–Trinajstić information content (AvgIpc) is 4.16. The lowest BCUT2D eigenvalue weighted by Crippen LogP contribution is -2.58. The van der Waals surface area contributed by atoms with E-state index in [0.29, 0.717) is 52.1 Å². The molecule has 0 bridgehead atoms. The van der Waals surface area contributed by atoms with E-state index in [1.165, 1.54) is 18.2 Å². The number of anilines is 1. The topological polar surface area (TPSA) is 185 Å². The number of nitrogens with one attached hydrogen (secondary N) is 4. The molecule has 0 radical (unpaired) electrons. The zero-order valence-corrected chi connectivity index (χ0v) is 37.7. The SMILES string of the molecule is CC[C@@H]1C[C@]1(NC(=O)[C@@H]1C[C@@H](Oc2ncc(OC)c3ccc(Cl)cc23)CN1C(=O)[C@@H](Nc1ccc(C(=O)NC(C)(C)c2ccccc2)cc1)C(C)(C)C)C(=O)NS(=O)(=O)C1CC1. The number of methoxy groups -OCH3 is 1. The number of benzene rings is 3. The molecule has 4 amide bonds. The van der Waals surface area contributed by atoms with Gasteiger partial charge >= 0.3 is 0 Å². The molecule has 4 aromatic rings. The minimum absolute atomic E-state index is 0.0102. The number of halogens is 1. The highest BCUT2D eigenvalue weighted by Crippen LogP contribution is 2.47. The molecule has 7 rings (SSSR count). The second kappa shape index (κ2) is 17.0. The van der Waals surface area contributed by atoms with Gasteiger partial charge in [0.25, 0.3) is 11.8 Å². The van der Waals surface area contributed by atoms with Crippen molar-refractivity contribution in [3.63, 3.8) is 0 Å². The molecule has 62 heavy (non-hydrogen) atoms. The number of hydrogen-bond acceptors (Lipinski definition) is 10. The Balaban J connectivity index is 1.15. The highest BCUT2D eigenvalue weighted by Gasteiger charge is 2.62.